The van der Waals surface area contributed by atoms with Gasteiger partial charge in [-0.3, -0.25) is 10.1 Å². The molecule has 4 rings (SSSR count). The van der Waals surface area contributed by atoms with Crippen molar-refractivity contribution < 1.29 is 14.7 Å². The van der Waals surface area contributed by atoms with Crippen LogP contribution in [0.3, 0.4) is 0 Å². The van der Waals surface area contributed by atoms with Crippen molar-refractivity contribution in [3.8, 4) is 5.69 Å². The second-order valence-corrected chi connectivity index (χ2v) is 10.7. The fraction of sp³-hybridized carbons (Fsp3) is 0.346. The SMILES string of the molecule is CC(C)(C)c1cc(NC(=O)Nc2cccc(Cl)c2Cl)n(-c2ccc(CC(=O)N3CC[C@H](O)C3)cc2)n1. The van der Waals surface area contributed by atoms with Crippen LogP contribution in [0.1, 0.15) is 38.4 Å². The summed E-state index contributed by atoms with van der Waals surface area (Å²) in [5.74, 6) is 0.470. The lowest BCUT2D eigenvalue weighted by molar-refractivity contribution is -0.129. The zero-order chi connectivity index (χ0) is 26.0. The summed E-state index contributed by atoms with van der Waals surface area (Å²) in [5, 5.41) is 20.6. The van der Waals surface area contributed by atoms with E-state index in [1.54, 1.807) is 27.8 Å². The maximum Gasteiger partial charge on any atom is 0.324 e. The molecule has 1 saturated heterocycles. The lowest BCUT2D eigenvalue weighted by Crippen LogP contribution is -2.30. The first-order chi connectivity index (χ1) is 17.0. The normalized spacial score (nSPS) is 15.7. The fourth-order valence-corrected chi connectivity index (χ4v) is 4.26. The zero-order valence-corrected chi connectivity index (χ0v) is 21.9. The number of carbonyl (C=O) groups excluding carboxylic acids is 2. The molecule has 1 fully saturated rings. The molecule has 0 unspecified atom stereocenters. The van der Waals surface area contributed by atoms with Gasteiger partial charge in [-0.2, -0.15) is 5.10 Å². The van der Waals surface area contributed by atoms with Gasteiger partial charge in [0.05, 0.1) is 39.6 Å². The Labute approximate surface area is 220 Å². The lowest BCUT2D eigenvalue weighted by atomic mass is 9.92. The molecule has 0 radical (unpaired) electrons. The summed E-state index contributed by atoms with van der Waals surface area (Å²) in [6, 6.07) is 13.8. The Morgan fingerprint density at radius 1 is 1.11 bits per heavy atom. The van der Waals surface area contributed by atoms with E-state index in [2.05, 4.69) is 10.6 Å². The molecule has 36 heavy (non-hydrogen) atoms. The number of benzene rings is 2. The quantitative estimate of drug-likeness (QED) is 0.419. The van der Waals surface area contributed by atoms with E-state index < -0.39 is 12.1 Å². The molecule has 1 atom stereocenters. The van der Waals surface area contributed by atoms with Gasteiger partial charge in [0.2, 0.25) is 5.91 Å². The molecular formula is C26H29Cl2N5O3. The van der Waals surface area contributed by atoms with Gasteiger partial charge in [0.1, 0.15) is 5.82 Å². The Morgan fingerprint density at radius 2 is 1.83 bits per heavy atom. The first kappa shape index (κ1) is 26.0. The number of nitrogens with one attached hydrogen (secondary N) is 2. The molecule has 0 spiro atoms. The standard InChI is InChI=1S/C26H29Cl2N5O3/c1-26(2,3)21-14-22(30-25(36)29-20-6-4-5-19(27)24(20)28)33(31-21)17-9-7-16(8-10-17)13-23(35)32-12-11-18(34)15-32/h4-10,14,18,34H,11-13,15H2,1-3H3,(H2,29,30,36)/t18-/m0/s1. The molecule has 2 aromatic carbocycles. The number of aliphatic hydroxyl groups excluding tert-OH is 1. The topological polar surface area (TPSA) is 99.5 Å². The molecule has 190 valence electrons. The van der Waals surface area contributed by atoms with Crippen molar-refractivity contribution in [1.82, 2.24) is 14.7 Å². The second-order valence-electron chi connectivity index (χ2n) is 9.88. The van der Waals surface area contributed by atoms with Crippen molar-refractivity contribution in [2.45, 2.75) is 45.1 Å². The van der Waals surface area contributed by atoms with Crippen LogP contribution in [0.15, 0.2) is 48.5 Å². The molecular weight excluding hydrogens is 501 g/mol. The maximum absolute atomic E-state index is 12.8. The van der Waals surface area contributed by atoms with Crippen molar-refractivity contribution in [3.05, 3.63) is 69.8 Å². The average molecular weight is 530 g/mol. The van der Waals surface area contributed by atoms with Gasteiger partial charge in [-0.15, -0.1) is 0 Å². The highest BCUT2D eigenvalue weighted by Crippen LogP contribution is 2.30. The Hall–Kier alpha value is -3.07. The molecule has 0 saturated carbocycles. The Balaban J connectivity index is 1.53. The lowest BCUT2D eigenvalue weighted by Gasteiger charge is -2.16. The van der Waals surface area contributed by atoms with E-state index in [1.165, 1.54) is 0 Å². The predicted molar refractivity (Wildman–Crippen MR) is 142 cm³/mol. The summed E-state index contributed by atoms with van der Waals surface area (Å²) >= 11 is 12.3. The highest BCUT2D eigenvalue weighted by Gasteiger charge is 2.25. The molecule has 1 aliphatic rings. The maximum atomic E-state index is 12.8. The highest BCUT2D eigenvalue weighted by atomic mass is 35.5. The summed E-state index contributed by atoms with van der Waals surface area (Å²) in [4.78, 5) is 27.0. The Bertz CT molecular complexity index is 1270. The fourth-order valence-electron chi connectivity index (χ4n) is 3.91. The van der Waals surface area contributed by atoms with Crippen molar-refractivity contribution in [1.29, 1.82) is 0 Å². The number of halogens is 2. The molecule has 8 nitrogen and oxygen atoms in total. The van der Waals surface area contributed by atoms with E-state index >= 15 is 0 Å². The number of amides is 3. The third-order valence-corrected chi connectivity index (χ3v) is 6.79. The Kier molecular flexibility index (Phi) is 7.59. The van der Waals surface area contributed by atoms with E-state index in [4.69, 9.17) is 28.3 Å². The average Bonchev–Trinajstić information content (AvgIpc) is 3.44. The zero-order valence-electron chi connectivity index (χ0n) is 20.4. The molecule has 1 aliphatic heterocycles. The van der Waals surface area contributed by atoms with Gasteiger partial charge in [-0.1, -0.05) is 62.2 Å². The van der Waals surface area contributed by atoms with E-state index in [-0.39, 0.29) is 22.8 Å². The summed E-state index contributed by atoms with van der Waals surface area (Å²) in [6.07, 6.45) is 0.436. The molecule has 0 bridgehead atoms. The number of carbonyl (C=O) groups is 2. The molecule has 1 aromatic heterocycles. The van der Waals surface area contributed by atoms with Crippen LogP contribution in [0, 0.1) is 0 Å². The molecule has 3 amide bonds. The number of β-amino-alcohol motifs (C(OH)–C–C–N with tert-alkyl or cyclic N) is 1. The van der Waals surface area contributed by atoms with E-state index in [1.807, 2.05) is 51.1 Å². The van der Waals surface area contributed by atoms with Crippen molar-refractivity contribution in [2.24, 2.45) is 0 Å². The first-order valence-electron chi connectivity index (χ1n) is 11.7. The number of hydrogen-bond donors (Lipinski definition) is 3. The van der Waals surface area contributed by atoms with Crippen molar-refractivity contribution in [3.63, 3.8) is 0 Å². The third kappa shape index (κ3) is 6.00. The van der Waals surface area contributed by atoms with Crippen molar-refractivity contribution >= 4 is 46.6 Å². The molecule has 3 N–H and O–H groups in total. The van der Waals surface area contributed by atoms with E-state index in [0.29, 0.717) is 36.0 Å². The third-order valence-electron chi connectivity index (χ3n) is 5.97. The van der Waals surface area contributed by atoms with Crippen LogP contribution in [0.25, 0.3) is 5.69 Å². The van der Waals surface area contributed by atoms with Crippen LogP contribution in [-0.4, -0.2) is 50.9 Å². The molecule has 3 aromatic rings. The van der Waals surface area contributed by atoms with E-state index in [0.717, 1.165) is 16.9 Å². The van der Waals surface area contributed by atoms with Crippen LogP contribution in [0.5, 0.6) is 0 Å². The van der Waals surface area contributed by atoms with Crippen LogP contribution in [-0.2, 0) is 16.6 Å². The van der Waals surface area contributed by atoms with Gasteiger partial charge in [0.25, 0.3) is 0 Å². The monoisotopic (exact) mass is 529 g/mol. The smallest absolute Gasteiger partial charge is 0.324 e. The van der Waals surface area contributed by atoms with Crippen LogP contribution in [0.2, 0.25) is 10.0 Å². The van der Waals surface area contributed by atoms with Crippen LogP contribution < -0.4 is 10.6 Å². The molecule has 2 heterocycles. The van der Waals surface area contributed by atoms with Crippen LogP contribution in [0.4, 0.5) is 16.3 Å². The number of rotatable bonds is 5. The minimum absolute atomic E-state index is 0.00730. The first-order valence-corrected chi connectivity index (χ1v) is 12.4. The second kappa shape index (κ2) is 10.5. The highest BCUT2D eigenvalue weighted by molar-refractivity contribution is 6.44. The summed E-state index contributed by atoms with van der Waals surface area (Å²) in [7, 11) is 0. The number of aliphatic hydroxyl groups is 1. The van der Waals surface area contributed by atoms with Gasteiger partial charge < -0.3 is 15.3 Å². The van der Waals surface area contributed by atoms with Gasteiger partial charge in [0, 0.05) is 24.6 Å². The van der Waals surface area contributed by atoms with Crippen molar-refractivity contribution in [2.75, 3.05) is 23.7 Å². The molecule has 0 aliphatic carbocycles. The largest absolute Gasteiger partial charge is 0.391 e. The number of likely N-dealkylation sites (tertiary alicyclic amines) is 1. The summed E-state index contributed by atoms with van der Waals surface area (Å²) in [5.41, 5.74) is 2.53. The minimum Gasteiger partial charge on any atom is -0.391 e. The number of urea groups is 1. The Morgan fingerprint density at radius 3 is 2.47 bits per heavy atom. The van der Waals surface area contributed by atoms with E-state index in [9.17, 15) is 14.7 Å². The number of anilines is 2. The summed E-state index contributed by atoms with van der Waals surface area (Å²) < 4.78 is 1.65. The van der Waals surface area contributed by atoms with Gasteiger partial charge in [-0.05, 0) is 36.2 Å². The molecule has 10 heteroatoms. The number of hydrogen-bond acceptors (Lipinski definition) is 4. The minimum atomic E-state index is -0.490. The number of nitrogens with zero attached hydrogens (tertiary/aromatic N) is 3. The van der Waals surface area contributed by atoms with Gasteiger partial charge >= 0.3 is 6.03 Å². The van der Waals surface area contributed by atoms with Gasteiger partial charge in [-0.25, -0.2) is 9.48 Å². The van der Waals surface area contributed by atoms with Crippen LogP contribution >= 0.6 is 23.2 Å². The van der Waals surface area contributed by atoms with Gasteiger partial charge in [0.15, 0.2) is 0 Å². The number of aromatic nitrogens is 2. The predicted octanol–water partition coefficient (Wildman–Crippen LogP) is 5.26. The summed E-state index contributed by atoms with van der Waals surface area (Å²) in [6.45, 7) is 7.09.